The average molecular weight is 209 g/mol. The van der Waals surface area contributed by atoms with Gasteiger partial charge >= 0.3 is 0 Å². The van der Waals surface area contributed by atoms with Crippen LogP contribution in [0, 0.1) is 17.1 Å². The first kappa shape index (κ1) is 11.5. The summed E-state index contributed by atoms with van der Waals surface area (Å²) < 4.78 is 13.2. The summed E-state index contributed by atoms with van der Waals surface area (Å²) in [6, 6.07) is 4.22. The highest BCUT2D eigenvalue weighted by Crippen LogP contribution is 2.29. The molecule has 0 aromatic heterocycles. The van der Waals surface area contributed by atoms with Gasteiger partial charge < -0.3 is 10.2 Å². The number of nitrogens with zero attached hydrogens (tertiary/aromatic N) is 1. The van der Waals surface area contributed by atoms with Crippen molar-refractivity contribution in [1.29, 1.82) is 5.26 Å². The molecule has 0 unspecified atom stereocenters. The number of benzene rings is 1. The van der Waals surface area contributed by atoms with E-state index in [-0.39, 0.29) is 12.2 Å². The van der Waals surface area contributed by atoms with Gasteiger partial charge in [0.05, 0.1) is 12.2 Å². The predicted octanol–water partition coefficient (Wildman–Crippen LogP) is 1.67. The molecule has 1 aromatic rings. The highest BCUT2D eigenvalue weighted by Gasteiger charge is 2.22. The van der Waals surface area contributed by atoms with Gasteiger partial charge in [0.1, 0.15) is 6.07 Å². The Morgan fingerprint density at radius 3 is 2.53 bits per heavy atom. The molecule has 15 heavy (non-hydrogen) atoms. The lowest BCUT2D eigenvalue weighted by atomic mass is 9.84. The van der Waals surface area contributed by atoms with Crippen LogP contribution in [0.5, 0.6) is 5.75 Å². The Morgan fingerprint density at radius 1 is 1.47 bits per heavy atom. The third-order valence-electron chi connectivity index (χ3n) is 2.36. The van der Waals surface area contributed by atoms with Crippen molar-refractivity contribution in [2.45, 2.75) is 19.3 Å². The average Bonchev–Trinajstić information content (AvgIpc) is 2.21. The van der Waals surface area contributed by atoms with Gasteiger partial charge in [-0.25, -0.2) is 4.39 Å². The Bertz CT molecular complexity index is 421. The number of aliphatic hydroxyl groups is 1. The van der Waals surface area contributed by atoms with E-state index >= 15 is 0 Å². The maximum absolute atomic E-state index is 13.2. The zero-order chi connectivity index (χ0) is 11.6. The molecule has 3 nitrogen and oxygen atoms in total. The molecule has 0 aliphatic heterocycles. The number of halogens is 1. The van der Waals surface area contributed by atoms with Gasteiger partial charge in [-0.1, -0.05) is 13.8 Å². The van der Waals surface area contributed by atoms with Crippen LogP contribution in [0.15, 0.2) is 12.1 Å². The quantitative estimate of drug-likeness (QED) is 0.778. The van der Waals surface area contributed by atoms with Gasteiger partial charge in [0, 0.05) is 5.41 Å². The monoisotopic (exact) mass is 209 g/mol. The molecule has 0 radical (unpaired) electrons. The van der Waals surface area contributed by atoms with Gasteiger partial charge in [-0.3, -0.25) is 0 Å². The molecule has 2 N–H and O–H groups in total. The molecule has 0 amide bonds. The smallest absolute Gasteiger partial charge is 0.169 e. The fourth-order valence-electron chi connectivity index (χ4n) is 1.17. The minimum atomic E-state index is -0.842. The summed E-state index contributed by atoms with van der Waals surface area (Å²) in [5, 5.41) is 27.0. The van der Waals surface area contributed by atoms with E-state index in [0.717, 1.165) is 6.07 Å². The Hall–Kier alpha value is -1.60. The van der Waals surface area contributed by atoms with Crippen molar-refractivity contribution >= 4 is 0 Å². The molecule has 0 aliphatic carbocycles. The minimum Gasteiger partial charge on any atom is -0.504 e. The number of phenols is 1. The largest absolute Gasteiger partial charge is 0.504 e. The van der Waals surface area contributed by atoms with Crippen molar-refractivity contribution in [3.05, 3.63) is 29.1 Å². The molecule has 0 saturated heterocycles. The first-order valence-corrected chi connectivity index (χ1v) is 4.46. The molecule has 0 fully saturated rings. The summed E-state index contributed by atoms with van der Waals surface area (Å²) in [5.74, 6) is -1.49. The van der Waals surface area contributed by atoms with E-state index in [0.29, 0.717) is 5.56 Å². The number of phenolic OH excluding ortho intramolecular Hbond substituents is 1. The zero-order valence-electron chi connectivity index (χ0n) is 8.58. The van der Waals surface area contributed by atoms with E-state index in [1.807, 2.05) is 0 Å². The normalized spacial score (nSPS) is 11.1. The van der Waals surface area contributed by atoms with Crippen LogP contribution in [-0.4, -0.2) is 16.8 Å². The second-order valence-corrected chi connectivity index (χ2v) is 4.01. The van der Waals surface area contributed by atoms with E-state index in [1.54, 1.807) is 19.9 Å². The number of rotatable bonds is 2. The van der Waals surface area contributed by atoms with Crippen LogP contribution in [0.25, 0.3) is 0 Å². The topological polar surface area (TPSA) is 64.2 Å². The van der Waals surface area contributed by atoms with Crippen LogP contribution >= 0.6 is 0 Å². The van der Waals surface area contributed by atoms with Gasteiger partial charge in [0.2, 0.25) is 0 Å². The number of hydrogen-bond donors (Lipinski definition) is 2. The maximum Gasteiger partial charge on any atom is 0.169 e. The van der Waals surface area contributed by atoms with Crippen LogP contribution in [0.1, 0.15) is 25.0 Å². The highest BCUT2D eigenvalue weighted by atomic mass is 19.1. The third kappa shape index (κ3) is 2.08. The van der Waals surface area contributed by atoms with Gasteiger partial charge in [-0.2, -0.15) is 5.26 Å². The van der Waals surface area contributed by atoms with Crippen LogP contribution < -0.4 is 0 Å². The van der Waals surface area contributed by atoms with Crippen molar-refractivity contribution in [3.63, 3.8) is 0 Å². The van der Waals surface area contributed by atoms with Gasteiger partial charge in [0.15, 0.2) is 11.6 Å². The minimum absolute atomic E-state index is 0.119. The van der Waals surface area contributed by atoms with Crippen LogP contribution in [-0.2, 0) is 5.41 Å². The van der Waals surface area contributed by atoms with Crippen molar-refractivity contribution in [2.24, 2.45) is 0 Å². The van der Waals surface area contributed by atoms with Crippen molar-refractivity contribution in [1.82, 2.24) is 0 Å². The summed E-state index contributed by atoms with van der Waals surface area (Å²) >= 11 is 0. The van der Waals surface area contributed by atoms with Crippen molar-refractivity contribution < 1.29 is 14.6 Å². The predicted molar refractivity (Wildman–Crippen MR) is 52.9 cm³/mol. The lowest BCUT2D eigenvalue weighted by Crippen LogP contribution is -2.22. The van der Waals surface area contributed by atoms with Crippen LogP contribution in [0.2, 0.25) is 0 Å². The van der Waals surface area contributed by atoms with E-state index in [2.05, 4.69) is 0 Å². The third-order valence-corrected chi connectivity index (χ3v) is 2.36. The first-order chi connectivity index (χ1) is 6.92. The Labute approximate surface area is 87.4 Å². The van der Waals surface area contributed by atoms with Crippen molar-refractivity contribution in [2.75, 3.05) is 6.61 Å². The molecule has 4 heteroatoms. The van der Waals surface area contributed by atoms with Crippen molar-refractivity contribution in [3.8, 4) is 11.8 Å². The molecule has 1 aromatic carbocycles. The van der Waals surface area contributed by atoms with E-state index < -0.39 is 17.0 Å². The van der Waals surface area contributed by atoms with Gasteiger partial charge in [0.25, 0.3) is 0 Å². The molecular weight excluding hydrogens is 197 g/mol. The van der Waals surface area contributed by atoms with E-state index in [9.17, 15) is 9.50 Å². The molecular formula is C11H12FNO2. The van der Waals surface area contributed by atoms with Gasteiger partial charge in [-0.05, 0) is 17.7 Å². The second-order valence-electron chi connectivity index (χ2n) is 4.01. The molecule has 0 bridgehead atoms. The lowest BCUT2D eigenvalue weighted by Gasteiger charge is -2.22. The van der Waals surface area contributed by atoms with E-state index in [1.165, 1.54) is 6.07 Å². The standard InChI is InChI=1S/C11H12FNO2/c1-11(2,6-14)8-3-7(5-13)10(15)9(12)4-8/h3-4,14-15H,6H2,1-2H3. The lowest BCUT2D eigenvalue weighted by molar-refractivity contribution is 0.218. The molecule has 0 atom stereocenters. The van der Waals surface area contributed by atoms with Gasteiger partial charge in [-0.15, -0.1) is 0 Å². The maximum atomic E-state index is 13.2. The molecule has 1 rings (SSSR count). The molecule has 0 saturated carbocycles. The summed E-state index contributed by atoms with van der Waals surface area (Å²) in [6.45, 7) is 3.28. The number of nitriles is 1. The Kier molecular flexibility index (Phi) is 2.96. The Morgan fingerprint density at radius 2 is 2.07 bits per heavy atom. The molecule has 80 valence electrons. The molecule has 0 heterocycles. The van der Waals surface area contributed by atoms with Crippen LogP contribution in [0.3, 0.4) is 0 Å². The summed E-state index contributed by atoms with van der Waals surface area (Å²) in [5.41, 5.74) is -0.275. The second kappa shape index (κ2) is 3.87. The van der Waals surface area contributed by atoms with Crippen LogP contribution in [0.4, 0.5) is 4.39 Å². The summed E-state index contributed by atoms with van der Waals surface area (Å²) in [6.07, 6.45) is 0. The molecule has 0 spiro atoms. The number of aliphatic hydroxyl groups excluding tert-OH is 1. The first-order valence-electron chi connectivity index (χ1n) is 4.46. The number of hydrogen-bond acceptors (Lipinski definition) is 3. The fourth-order valence-corrected chi connectivity index (χ4v) is 1.17. The SMILES string of the molecule is CC(C)(CO)c1cc(F)c(O)c(C#N)c1. The fraction of sp³-hybridized carbons (Fsp3) is 0.364. The molecule has 0 aliphatic rings. The zero-order valence-corrected chi connectivity index (χ0v) is 8.58. The number of aromatic hydroxyl groups is 1. The Balaban J connectivity index is 3.36. The summed E-state index contributed by atoms with van der Waals surface area (Å²) in [7, 11) is 0. The highest BCUT2D eigenvalue weighted by molar-refractivity contribution is 5.47. The summed E-state index contributed by atoms with van der Waals surface area (Å²) in [4.78, 5) is 0. The van der Waals surface area contributed by atoms with E-state index in [4.69, 9.17) is 10.4 Å².